The third-order valence-corrected chi connectivity index (χ3v) is 6.70. The van der Waals surface area contributed by atoms with E-state index in [-0.39, 0.29) is 30.0 Å². The van der Waals surface area contributed by atoms with Crippen molar-refractivity contribution in [2.45, 2.75) is 43.2 Å². The van der Waals surface area contributed by atoms with Crippen LogP contribution in [0.2, 0.25) is 0 Å². The number of fused-ring (bicyclic) bond motifs is 1. The minimum Gasteiger partial charge on any atom is -0.308 e. The van der Waals surface area contributed by atoms with E-state index in [1.165, 1.54) is 23.7 Å². The van der Waals surface area contributed by atoms with Crippen LogP contribution >= 0.6 is 0 Å². The summed E-state index contributed by atoms with van der Waals surface area (Å²) in [6, 6.07) is 13.0. The van der Waals surface area contributed by atoms with Crippen LogP contribution in [0.5, 0.6) is 0 Å². The van der Waals surface area contributed by atoms with Crippen molar-refractivity contribution in [3.8, 4) is 0 Å². The van der Waals surface area contributed by atoms with Crippen molar-refractivity contribution in [3.05, 3.63) is 70.1 Å². The van der Waals surface area contributed by atoms with E-state index in [0.717, 1.165) is 5.56 Å². The van der Waals surface area contributed by atoms with Crippen LogP contribution in [-0.4, -0.2) is 30.7 Å². The fourth-order valence-electron chi connectivity index (χ4n) is 3.54. The molecule has 0 amide bonds. The van der Waals surface area contributed by atoms with Crippen molar-refractivity contribution in [2.24, 2.45) is 7.05 Å². The maximum atomic E-state index is 13.2. The number of sulfonamides is 1. The average Bonchev–Trinajstić information content (AvgIpc) is 2.72. The van der Waals surface area contributed by atoms with Gasteiger partial charge in [-0.05, 0) is 44.0 Å². The first-order chi connectivity index (χ1) is 15.0. The van der Waals surface area contributed by atoms with E-state index in [9.17, 15) is 26.4 Å². The zero-order valence-corrected chi connectivity index (χ0v) is 18.5. The molecule has 0 aliphatic carbocycles. The zero-order valence-electron chi connectivity index (χ0n) is 17.7. The number of para-hydroxylation sites is 2. The molecule has 0 saturated heterocycles. The molecule has 3 aromatic rings. The first-order valence-electron chi connectivity index (χ1n) is 10.1. The van der Waals surface area contributed by atoms with Crippen LogP contribution in [0.15, 0.2) is 58.2 Å². The summed E-state index contributed by atoms with van der Waals surface area (Å²) in [6.07, 6.45) is -5.64. The molecule has 1 N–H and O–H groups in total. The Kier molecular flexibility index (Phi) is 7.04. The molecule has 1 unspecified atom stereocenters. The van der Waals surface area contributed by atoms with E-state index in [2.05, 4.69) is 9.71 Å². The fourth-order valence-corrected chi connectivity index (χ4v) is 4.61. The third-order valence-electron chi connectivity index (χ3n) is 5.23. The lowest BCUT2D eigenvalue weighted by atomic mass is 9.95. The van der Waals surface area contributed by atoms with Crippen LogP contribution in [0, 0.1) is 6.92 Å². The number of alkyl halides is 3. The summed E-state index contributed by atoms with van der Waals surface area (Å²) in [5, 5.41) is 0. The van der Waals surface area contributed by atoms with Crippen LogP contribution in [0.4, 0.5) is 13.2 Å². The number of rotatable bonds is 8. The zero-order chi connectivity index (χ0) is 23.5. The second kappa shape index (κ2) is 9.41. The molecule has 2 aromatic carbocycles. The molecule has 1 atom stereocenters. The Hall–Kier alpha value is -2.72. The lowest BCUT2D eigenvalue weighted by molar-refractivity contribution is -0.139. The number of halogens is 3. The predicted octanol–water partition coefficient (Wildman–Crippen LogP) is 4.04. The Morgan fingerprint density at radius 3 is 2.41 bits per heavy atom. The number of aryl methyl sites for hydroxylation is 2. The van der Waals surface area contributed by atoms with Gasteiger partial charge in [0, 0.05) is 19.5 Å². The molecule has 1 aromatic heterocycles. The molecule has 0 fully saturated rings. The Labute approximate surface area is 184 Å². The standard InChI is InChI=1S/C22H24F3N3O3S/c1-15-9-11-17(12-10-15)32(30,31)26-13-5-6-16(14-22(23,24)25)20-21(29)28(2)19-8-4-3-7-18(19)27-20/h3-4,7-12,16,26H,5-6,13-14H2,1-2H3. The van der Waals surface area contributed by atoms with Gasteiger partial charge in [0.05, 0.1) is 22.3 Å². The molecule has 0 aliphatic rings. The Balaban J connectivity index is 1.78. The van der Waals surface area contributed by atoms with Gasteiger partial charge in [0.15, 0.2) is 0 Å². The molecular weight excluding hydrogens is 443 g/mol. The van der Waals surface area contributed by atoms with E-state index >= 15 is 0 Å². The molecule has 172 valence electrons. The molecular formula is C22H24F3N3O3S. The third kappa shape index (κ3) is 5.74. The summed E-state index contributed by atoms with van der Waals surface area (Å²) >= 11 is 0. The van der Waals surface area contributed by atoms with Gasteiger partial charge in [-0.1, -0.05) is 29.8 Å². The number of nitrogens with zero attached hydrogens (tertiary/aromatic N) is 2. The van der Waals surface area contributed by atoms with Gasteiger partial charge in [-0.15, -0.1) is 0 Å². The van der Waals surface area contributed by atoms with E-state index in [0.29, 0.717) is 11.0 Å². The topological polar surface area (TPSA) is 81.1 Å². The second-order valence-electron chi connectivity index (χ2n) is 7.72. The number of benzene rings is 2. The Morgan fingerprint density at radius 2 is 1.75 bits per heavy atom. The average molecular weight is 468 g/mol. The van der Waals surface area contributed by atoms with E-state index in [1.807, 2.05) is 6.92 Å². The Bertz CT molecular complexity index is 1250. The van der Waals surface area contributed by atoms with Gasteiger partial charge in [0.25, 0.3) is 5.56 Å². The van der Waals surface area contributed by atoms with Crippen LogP contribution < -0.4 is 10.3 Å². The highest BCUT2D eigenvalue weighted by molar-refractivity contribution is 7.89. The molecule has 0 saturated carbocycles. The molecule has 0 bridgehead atoms. The quantitative estimate of drug-likeness (QED) is 0.507. The first kappa shape index (κ1) is 23.9. The van der Waals surface area contributed by atoms with Gasteiger partial charge in [0.2, 0.25) is 10.0 Å². The van der Waals surface area contributed by atoms with Crippen LogP contribution in [-0.2, 0) is 17.1 Å². The number of hydrogen-bond acceptors (Lipinski definition) is 4. The maximum Gasteiger partial charge on any atom is 0.389 e. The maximum absolute atomic E-state index is 13.2. The van der Waals surface area contributed by atoms with Crippen LogP contribution in [0.1, 0.15) is 36.4 Å². The predicted molar refractivity (Wildman–Crippen MR) is 116 cm³/mol. The van der Waals surface area contributed by atoms with Gasteiger partial charge in [-0.3, -0.25) is 4.79 Å². The highest BCUT2D eigenvalue weighted by Gasteiger charge is 2.34. The molecule has 0 spiro atoms. The van der Waals surface area contributed by atoms with Crippen molar-refractivity contribution in [2.75, 3.05) is 6.54 Å². The minimum absolute atomic E-state index is 0.0451. The fraction of sp³-hybridized carbons (Fsp3) is 0.364. The minimum atomic E-state index is -4.50. The summed E-state index contributed by atoms with van der Waals surface area (Å²) in [7, 11) is -2.28. The number of aromatic nitrogens is 2. The lowest BCUT2D eigenvalue weighted by Crippen LogP contribution is -2.29. The van der Waals surface area contributed by atoms with E-state index in [1.54, 1.807) is 36.4 Å². The second-order valence-corrected chi connectivity index (χ2v) is 9.49. The summed E-state index contributed by atoms with van der Waals surface area (Å²) < 4.78 is 68.2. The number of hydrogen-bond donors (Lipinski definition) is 1. The van der Waals surface area contributed by atoms with Gasteiger partial charge >= 0.3 is 6.18 Å². The van der Waals surface area contributed by atoms with E-state index in [4.69, 9.17) is 0 Å². The summed E-state index contributed by atoms with van der Waals surface area (Å²) in [5.41, 5.74) is 1.11. The molecule has 10 heteroatoms. The van der Waals surface area contributed by atoms with Crippen molar-refractivity contribution in [1.29, 1.82) is 0 Å². The largest absolute Gasteiger partial charge is 0.389 e. The lowest BCUT2D eigenvalue weighted by Gasteiger charge is -2.19. The van der Waals surface area contributed by atoms with Crippen molar-refractivity contribution >= 4 is 21.1 Å². The van der Waals surface area contributed by atoms with Gasteiger partial charge in [0.1, 0.15) is 5.69 Å². The normalized spacial score (nSPS) is 13.4. The van der Waals surface area contributed by atoms with Gasteiger partial charge in [-0.25, -0.2) is 18.1 Å². The number of nitrogens with one attached hydrogen (secondary N) is 1. The SMILES string of the molecule is Cc1ccc(S(=O)(=O)NCCCC(CC(F)(F)F)c2nc3ccccc3n(C)c2=O)cc1. The van der Waals surface area contributed by atoms with Crippen molar-refractivity contribution in [3.63, 3.8) is 0 Å². The van der Waals surface area contributed by atoms with Gasteiger partial charge in [-0.2, -0.15) is 13.2 Å². The van der Waals surface area contributed by atoms with Gasteiger partial charge < -0.3 is 4.57 Å². The molecule has 0 radical (unpaired) electrons. The van der Waals surface area contributed by atoms with Crippen molar-refractivity contribution < 1.29 is 21.6 Å². The summed E-state index contributed by atoms with van der Waals surface area (Å²) in [6.45, 7) is 1.77. The summed E-state index contributed by atoms with van der Waals surface area (Å²) in [5.74, 6) is -1.18. The Morgan fingerprint density at radius 1 is 1.09 bits per heavy atom. The molecule has 6 nitrogen and oxygen atoms in total. The molecule has 1 heterocycles. The van der Waals surface area contributed by atoms with Crippen LogP contribution in [0.3, 0.4) is 0 Å². The summed E-state index contributed by atoms with van der Waals surface area (Å²) in [4.78, 5) is 17.1. The smallest absolute Gasteiger partial charge is 0.308 e. The monoisotopic (exact) mass is 467 g/mol. The highest BCUT2D eigenvalue weighted by atomic mass is 32.2. The first-order valence-corrected chi connectivity index (χ1v) is 11.5. The van der Waals surface area contributed by atoms with E-state index < -0.39 is 34.1 Å². The van der Waals surface area contributed by atoms with Crippen molar-refractivity contribution in [1.82, 2.24) is 14.3 Å². The highest BCUT2D eigenvalue weighted by Crippen LogP contribution is 2.32. The van der Waals surface area contributed by atoms with Crippen LogP contribution in [0.25, 0.3) is 11.0 Å². The molecule has 0 aliphatic heterocycles. The molecule has 32 heavy (non-hydrogen) atoms. The molecule has 3 rings (SSSR count).